The van der Waals surface area contributed by atoms with Crippen molar-refractivity contribution in [1.29, 1.82) is 0 Å². The van der Waals surface area contributed by atoms with Gasteiger partial charge in [0.1, 0.15) is 0 Å². The zero-order valence-corrected chi connectivity index (χ0v) is 10.6. The molecule has 0 aliphatic heterocycles. The second-order valence-electron chi connectivity index (χ2n) is 4.59. The molecule has 1 aliphatic rings. The van der Waals surface area contributed by atoms with Gasteiger partial charge in [-0.15, -0.1) is 10.2 Å². The van der Waals surface area contributed by atoms with Crippen molar-refractivity contribution in [3.8, 4) is 0 Å². The average molecular weight is 295 g/mol. The van der Waals surface area contributed by atoms with Crippen molar-refractivity contribution in [1.82, 2.24) is 10.2 Å². The first-order chi connectivity index (χ1) is 8.81. The van der Waals surface area contributed by atoms with Gasteiger partial charge in [-0.25, -0.2) is 0 Å². The summed E-state index contributed by atoms with van der Waals surface area (Å²) >= 11 is 0.401. The van der Waals surface area contributed by atoms with Crippen LogP contribution in [0.3, 0.4) is 0 Å². The number of aromatic nitrogens is 2. The lowest BCUT2D eigenvalue weighted by Crippen LogP contribution is -2.37. The molecule has 0 atom stereocenters. The van der Waals surface area contributed by atoms with Gasteiger partial charge < -0.3 is 10.4 Å². The molecule has 1 saturated carbocycles. The summed E-state index contributed by atoms with van der Waals surface area (Å²) in [6, 6.07) is 0. The lowest BCUT2D eigenvalue weighted by atomic mass is 9.94. The number of nitrogens with one attached hydrogen (secondary N) is 1. The third kappa shape index (κ3) is 3.34. The van der Waals surface area contributed by atoms with Crippen LogP contribution in [0.4, 0.5) is 18.3 Å². The molecule has 0 amide bonds. The van der Waals surface area contributed by atoms with Crippen molar-refractivity contribution in [2.24, 2.45) is 0 Å². The van der Waals surface area contributed by atoms with E-state index < -0.39 is 22.7 Å². The Labute approximate surface area is 110 Å². The molecule has 0 bridgehead atoms. The predicted octanol–water partition coefficient (Wildman–Crippen LogP) is 2.76. The van der Waals surface area contributed by atoms with E-state index in [4.69, 9.17) is 5.11 Å². The fraction of sp³-hybridized carbons (Fsp3) is 0.700. The Morgan fingerprint density at radius 3 is 2.47 bits per heavy atom. The molecule has 0 spiro atoms. The fourth-order valence-electron chi connectivity index (χ4n) is 2.30. The van der Waals surface area contributed by atoms with E-state index in [1.807, 2.05) is 0 Å². The maximum absolute atomic E-state index is 12.4. The van der Waals surface area contributed by atoms with Gasteiger partial charge in [0.15, 0.2) is 0 Å². The van der Waals surface area contributed by atoms with Gasteiger partial charge in [-0.05, 0) is 12.8 Å². The summed E-state index contributed by atoms with van der Waals surface area (Å²) in [6.45, 7) is 0. The molecule has 2 N–H and O–H groups in total. The van der Waals surface area contributed by atoms with Gasteiger partial charge >= 0.3 is 12.1 Å². The third-order valence-electron chi connectivity index (χ3n) is 3.09. The van der Waals surface area contributed by atoms with Crippen LogP contribution in [-0.4, -0.2) is 26.8 Å². The van der Waals surface area contributed by atoms with Gasteiger partial charge in [0.05, 0.1) is 12.0 Å². The fourth-order valence-corrected chi connectivity index (χ4v) is 3.03. The van der Waals surface area contributed by atoms with Gasteiger partial charge in [0.25, 0.3) is 0 Å². The molecule has 1 aromatic heterocycles. The van der Waals surface area contributed by atoms with Gasteiger partial charge in [0, 0.05) is 0 Å². The molecule has 1 fully saturated rings. The second-order valence-corrected chi connectivity index (χ2v) is 5.57. The molecule has 0 saturated heterocycles. The van der Waals surface area contributed by atoms with E-state index >= 15 is 0 Å². The standard InChI is InChI=1S/C10H12F3N3O2S/c11-10(12,13)7-15-16-8(19-7)14-9(5-6(17)18)3-1-2-4-9/h1-5H2,(H,14,16)(H,17,18). The minimum absolute atomic E-state index is 0.0236. The van der Waals surface area contributed by atoms with Gasteiger partial charge in [-0.3, -0.25) is 4.79 Å². The largest absolute Gasteiger partial charge is 0.481 e. The smallest absolute Gasteiger partial charge is 0.445 e. The van der Waals surface area contributed by atoms with E-state index in [2.05, 4.69) is 15.5 Å². The Morgan fingerprint density at radius 1 is 1.37 bits per heavy atom. The zero-order valence-electron chi connectivity index (χ0n) is 9.83. The van der Waals surface area contributed by atoms with Crippen LogP contribution in [0, 0.1) is 0 Å². The Morgan fingerprint density at radius 2 is 2.00 bits per heavy atom. The Bertz CT molecular complexity index is 469. The highest BCUT2D eigenvalue weighted by atomic mass is 32.1. The molecule has 19 heavy (non-hydrogen) atoms. The highest BCUT2D eigenvalue weighted by Crippen LogP contribution is 2.38. The van der Waals surface area contributed by atoms with E-state index in [0.717, 1.165) is 12.8 Å². The second kappa shape index (κ2) is 4.95. The first kappa shape index (κ1) is 14.0. The normalized spacial score (nSPS) is 18.5. The number of hydrogen-bond acceptors (Lipinski definition) is 5. The molecular formula is C10H12F3N3O2S. The van der Waals surface area contributed by atoms with Crippen molar-refractivity contribution in [2.75, 3.05) is 5.32 Å². The van der Waals surface area contributed by atoms with Crippen LogP contribution in [0.5, 0.6) is 0 Å². The summed E-state index contributed by atoms with van der Waals surface area (Å²) in [6.07, 6.45) is -1.72. The van der Waals surface area contributed by atoms with Gasteiger partial charge in [-0.1, -0.05) is 24.2 Å². The predicted molar refractivity (Wildman–Crippen MR) is 62.0 cm³/mol. The van der Waals surface area contributed by atoms with Crippen LogP contribution in [0.15, 0.2) is 0 Å². The minimum Gasteiger partial charge on any atom is -0.481 e. The number of aliphatic carboxylic acids is 1. The number of carboxylic acid groups (broad SMARTS) is 1. The molecule has 0 radical (unpaired) electrons. The minimum atomic E-state index is -4.52. The van der Waals surface area contributed by atoms with Gasteiger partial charge in [-0.2, -0.15) is 13.2 Å². The Kier molecular flexibility index (Phi) is 3.66. The summed E-state index contributed by atoms with van der Waals surface area (Å²) in [5.74, 6) is -0.977. The number of carboxylic acids is 1. The quantitative estimate of drug-likeness (QED) is 0.893. The molecule has 0 aromatic carbocycles. The number of halogens is 3. The summed E-state index contributed by atoms with van der Waals surface area (Å²) in [7, 11) is 0. The molecule has 2 rings (SSSR count). The average Bonchev–Trinajstić information content (AvgIpc) is 2.86. The number of alkyl halides is 3. The number of hydrogen-bond donors (Lipinski definition) is 2. The highest BCUT2D eigenvalue weighted by Gasteiger charge is 2.39. The maximum atomic E-state index is 12.4. The SMILES string of the molecule is O=C(O)CC1(Nc2nnc(C(F)(F)F)s2)CCCC1. The van der Waals surface area contributed by atoms with Gasteiger partial charge in [0.2, 0.25) is 10.1 Å². The summed E-state index contributed by atoms with van der Waals surface area (Å²) in [4.78, 5) is 10.9. The molecule has 1 aliphatic carbocycles. The molecule has 9 heteroatoms. The third-order valence-corrected chi connectivity index (χ3v) is 3.97. The number of anilines is 1. The van der Waals surface area contributed by atoms with Crippen LogP contribution in [-0.2, 0) is 11.0 Å². The molecule has 1 heterocycles. The lowest BCUT2D eigenvalue weighted by molar-refractivity contribution is -0.139. The van der Waals surface area contributed by atoms with Crippen LogP contribution in [0.1, 0.15) is 37.1 Å². The molecule has 1 aromatic rings. The summed E-state index contributed by atoms with van der Waals surface area (Å²) < 4.78 is 37.2. The number of rotatable bonds is 4. The van der Waals surface area contributed by atoms with Crippen molar-refractivity contribution >= 4 is 22.4 Å². The highest BCUT2D eigenvalue weighted by molar-refractivity contribution is 7.15. The van der Waals surface area contributed by atoms with E-state index in [0.29, 0.717) is 24.2 Å². The monoisotopic (exact) mass is 295 g/mol. The van der Waals surface area contributed by atoms with E-state index in [1.54, 1.807) is 0 Å². The molecule has 0 unspecified atom stereocenters. The Balaban J connectivity index is 2.14. The van der Waals surface area contributed by atoms with E-state index in [-0.39, 0.29) is 11.6 Å². The molecule has 5 nitrogen and oxygen atoms in total. The van der Waals surface area contributed by atoms with Crippen LogP contribution < -0.4 is 5.32 Å². The zero-order chi connectivity index (χ0) is 14.1. The van der Waals surface area contributed by atoms with E-state index in [1.165, 1.54) is 0 Å². The van der Waals surface area contributed by atoms with Crippen LogP contribution in [0.25, 0.3) is 0 Å². The number of carbonyl (C=O) groups is 1. The van der Waals surface area contributed by atoms with Crippen LogP contribution >= 0.6 is 11.3 Å². The summed E-state index contributed by atoms with van der Waals surface area (Å²) in [5, 5.41) is 17.3. The van der Waals surface area contributed by atoms with Crippen molar-refractivity contribution in [2.45, 2.75) is 43.8 Å². The lowest BCUT2D eigenvalue weighted by Gasteiger charge is -2.27. The molecule has 106 valence electrons. The maximum Gasteiger partial charge on any atom is 0.445 e. The first-order valence-electron chi connectivity index (χ1n) is 5.71. The van der Waals surface area contributed by atoms with Crippen molar-refractivity contribution in [3.05, 3.63) is 5.01 Å². The Hall–Kier alpha value is -1.38. The van der Waals surface area contributed by atoms with Crippen LogP contribution in [0.2, 0.25) is 0 Å². The number of nitrogens with zero attached hydrogens (tertiary/aromatic N) is 2. The molecular weight excluding hydrogens is 283 g/mol. The summed E-state index contributed by atoms with van der Waals surface area (Å²) in [5.41, 5.74) is -0.700. The van der Waals surface area contributed by atoms with Crippen molar-refractivity contribution < 1.29 is 23.1 Å². The topological polar surface area (TPSA) is 75.1 Å². The van der Waals surface area contributed by atoms with Crippen molar-refractivity contribution in [3.63, 3.8) is 0 Å². The van der Waals surface area contributed by atoms with E-state index in [9.17, 15) is 18.0 Å². The first-order valence-corrected chi connectivity index (χ1v) is 6.53.